The van der Waals surface area contributed by atoms with Crippen LogP contribution in [0.4, 0.5) is 0 Å². The highest BCUT2D eigenvalue weighted by atomic mass is 35.5. The molecule has 2 N–H and O–H groups in total. The van der Waals surface area contributed by atoms with Gasteiger partial charge in [-0.3, -0.25) is 0 Å². The molecule has 2 rings (SSSR count). The minimum Gasteiger partial charge on any atom is -0.324 e. The standard InChI is InChI=1S/C16H17Cl2N/c1-10-8-15(18)11(2)7-13(10)16(19)9-12-5-3-4-6-14(12)17/h3-8,16H,9,19H2,1-2H3. The molecular formula is C16H17Cl2N. The predicted molar refractivity (Wildman–Crippen MR) is 83.0 cm³/mol. The number of halogens is 2. The van der Waals surface area contributed by atoms with Gasteiger partial charge in [0, 0.05) is 16.1 Å². The van der Waals surface area contributed by atoms with Gasteiger partial charge in [0.25, 0.3) is 0 Å². The molecule has 1 atom stereocenters. The maximum absolute atomic E-state index is 6.31. The van der Waals surface area contributed by atoms with E-state index in [1.165, 1.54) is 0 Å². The minimum atomic E-state index is -0.0733. The highest BCUT2D eigenvalue weighted by Gasteiger charge is 2.13. The van der Waals surface area contributed by atoms with Crippen LogP contribution in [0.2, 0.25) is 10.0 Å². The van der Waals surface area contributed by atoms with Gasteiger partial charge < -0.3 is 5.73 Å². The number of hydrogen-bond acceptors (Lipinski definition) is 1. The van der Waals surface area contributed by atoms with Crippen molar-refractivity contribution in [3.63, 3.8) is 0 Å². The van der Waals surface area contributed by atoms with E-state index in [0.717, 1.165) is 38.7 Å². The highest BCUT2D eigenvalue weighted by molar-refractivity contribution is 6.31. The van der Waals surface area contributed by atoms with Crippen LogP contribution >= 0.6 is 23.2 Å². The third-order valence-electron chi connectivity index (χ3n) is 3.34. The third kappa shape index (κ3) is 3.30. The first-order valence-corrected chi connectivity index (χ1v) is 7.00. The molecular weight excluding hydrogens is 277 g/mol. The molecule has 2 aromatic carbocycles. The molecule has 0 radical (unpaired) electrons. The number of rotatable bonds is 3. The van der Waals surface area contributed by atoms with Crippen LogP contribution in [0.5, 0.6) is 0 Å². The fraction of sp³-hybridized carbons (Fsp3) is 0.250. The Morgan fingerprint density at radius 1 is 1.00 bits per heavy atom. The van der Waals surface area contributed by atoms with Gasteiger partial charge >= 0.3 is 0 Å². The smallest absolute Gasteiger partial charge is 0.0438 e. The number of aryl methyl sites for hydroxylation is 2. The second kappa shape index (κ2) is 5.96. The lowest BCUT2D eigenvalue weighted by atomic mass is 9.94. The van der Waals surface area contributed by atoms with E-state index < -0.39 is 0 Å². The summed E-state index contributed by atoms with van der Waals surface area (Å²) in [6.07, 6.45) is 0.724. The van der Waals surface area contributed by atoms with Crippen molar-refractivity contribution < 1.29 is 0 Å². The molecule has 19 heavy (non-hydrogen) atoms. The van der Waals surface area contributed by atoms with Crippen LogP contribution in [0.3, 0.4) is 0 Å². The molecule has 0 aliphatic rings. The van der Waals surface area contributed by atoms with Crippen molar-refractivity contribution >= 4 is 23.2 Å². The molecule has 0 spiro atoms. The lowest BCUT2D eigenvalue weighted by Crippen LogP contribution is -2.15. The number of nitrogens with two attached hydrogens (primary N) is 1. The normalized spacial score (nSPS) is 12.5. The van der Waals surface area contributed by atoms with E-state index in [9.17, 15) is 0 Å². The van der Waals surface area contributed by atoms with Crippen LogP contribution in [0, 0.1) is 13.8 Å². The Bertz CT molecular complexity index is 593. The predicted octanol–water partition coefficient (Wildman–Crippen LogP) is 4.85. The molecule has 1 unspecified atom stereocenters. The Morgan fingerprint density at radius 3 is 2.37 bits per heavy atom. The van der Waals surface area contributed by atoms with Gasteiger partial charge in [0.1, 0.15) is 0 Å². The van der Waals surface area contributed by atoms with Crippen LogP contribution < -0.4 is 5.73 Å². The molecule has 0 fully saturated rings. The van der Waals surface area contributed by atoms with Crippen molar-refractivity contribution in [2.24, 2.45) is 5.73 Å². The van der Waals surface area contributed by atoms with Crippen LogP contribution in [0.15, 0.2) is 36.4 Å². The Labute approximate surface area is 124 Å². The molecule has 0 saturated carbocycles. The van der Waals surface area contributed by atoms with Crippen molar-refractivity contribution in [2.75, 3.05) is 0 Å². The van der Waals surface area contributed by atoms with Crippen molar-refractivity contribution in [1.82, 2.24) is 0 Å². The Kier molecular flexibility index (Phi) is 4.51. The average molecular weight is 294 g/mol. The van der Waals surface area contributed by atoms with Crippen LogP contribution in [0.1, 0.15) is 28.3 Å². The van der Waals surface area contributed by atoms with Gasteiger partial charge in [-0.15, -0.1) is 0 Å². The third-order valence-corrected chi connectivity index (χ3v) is 4.12. The second-order valence-corrected chi connectivity index (χ2v) is 5.67. The van der Waals surface area contributed by atoms with Gasteiger partial charge in [-0.1, -0.05) is 47.5 Å². The maximum atomic E-state index is 6.31. The molecule has 0 aromatic heterocycles. The van der Waals surface area contributed by atoms with Crippen LogP contribution in [-0.2, 0) is 6.42 Å². The Morgan fingerprint density at radius 2 is 1.68 bits per heavy atom. The highest BCUT2D eigenvalue weighted by Crippen LogP contribution is 2.27. The Balaban J connectivity index is 2.28. The molecule has 0 amide bonds. The monoisotopic (exact) mass is 293 g/mol. The summed E-state index contributed by atoms with van der Waals surface area (Å²) in [4.78, 5) is 0. The molecule has 0 heterocycles. The summed E-state index contributed by atoms with van der Waals surface area (Å²) in [5.74, 6) is 0. The molecule has 0 aliphatic heterocycles. The van der Waals surface area contributed by atoms with Gasteiger partial charge in [-0.05, 0) is 54.7 Å². The molecule has 3 heteroatoms. The zero-order chi connectivity index (χ0) is 14.0. The van der Waals surface area contributed by atoms with E-state index >= 15 is 0 Å². The fourth-order valence-electron chi connectivity index (χ4n) is 2.21. The van der Waals surface area contributed by atoms with Gasteiger partial charge in [0.15, 0.2) is 0 Å². The van der Waals surface area contributed by atoms with Crippen molar-refractivity contribution in [3.8, 4) is 0 Å². The van der Waals surface area contributed by atoms with E-state index in [4.69, 9.17) is 28.9 Å². The van der Waals surface area contributed by atoms with Gasteiger partial charge in [-0.25, -0.2) is 0 Å². The summed E-state index contributed by atoms with van der Waals surface area (Å²) >= 11 is 12.3. The lowest BCUT2D eigenvalue weighted by molar-refractivity contribution is 0.716. The van der Waals surface area contributed by atoms with E-state index in [0.29, 0.717) is 0 Å². The molecule has 0 saturated heterocycles. The summed E-state index contributed by atoms with van der Waals surface area (Å²) < 4.78 is 0. The summed E-state index contributed by atoms with van der Waals surface area (Å²) in [6, 6.07) is 11.8. The molecule has 0 aliphatic carbocycles. The van der Waals surface area contributed by atoms with Crippen molar-refractivity contribution in [1.29, 1.82) is 0 Å². The van der Waals surface area contributed by atoms with E-state index in [2.05, 4.69) is 6.07 Å². The Hall–Kier alpha value is -1.02. The molecule has 1 nitrogen and oxygen atoms in total. The summed E-state index contributed by atoms with van der Waals surface area (Å²) in [5, 5.41) is 1.55. The zero-order valence-corrected chi connectivity index (χ0v) is 12.6. The molecule has 2 aromatic rings. The fourth-order valence-corrected chi connectivity index (χ4v) is 2.64. The maximum Gasteiger partial charge on any atom is 0.0438 e. The first-order chi connectivity index (χ1) is 8.99. The van der Waals surface area contributed by atoms with E-state index in [-0.39, 0.29) is 6.04 Å². The average Bonchev–Trinajstić information content (AvgIpc) is 2.36. The number of benzene rings is 2. The molecule has 0 bridgehead atoms. The minimum absolute atomic E-state index is 0.0733. The lowest BCUT2D eigenvalue weighted by Gasteiger charge is -2.17. The second-order valence-electron chi connectivity index (χ2n) is 4.86. The summed E-state index contributed by atoms with van der Waals surface area (Å²) in [7, 11) is 0. The topological polar surface area (TPSA) is 26.0 Å². The van der Waals surface area contributed by atoms with Crippen molar-refractivity contribution in [2.45, 2.75) is 26.3 Å². The quantitative estimate of drug-likeness (QED) is 0.860. The van der Waals surface area contributed by atoms with Gasteiger partial charge in [0.05, 0.1) is 0 Å². The largest absolute Gasteiger partial charge is 0.324 e. The number of hydrogen-bond donors (Lipinski definition) is 1. The van der Waals surface area contributed by atoms with Gasteiger partial charge in [-0.2, -0.15) is 0 Å². The van der Waals surface area contributed by atoms with Crippen molar-refractivity contribution in [3.05, 3.63) is 68.7 Å². The van der Waals surface area contributed by atoms with E-state index in [1.54, 1.807) is 0 Å². The first kappa shape index (κ1) is 14.4. The van der Waals surface area contributed by atoms with Gasteiger partial charge in [0.2, 0.25) is 0 Å². The van der Waals surface area contributed by atoms with Crippen LogP contribution in [-0.4, -0.2) is 0 Å². The summed E-state index contributed by atoms with van der Waals surface area (Å²) in [6.45, 7) is 4.03. The first-order valence-electron chi connectivity index (χ1n) is 6.24. The zero-order valence-electron chi connectivity index (χ0n) is 11.1. The van der Waals surface area contributed by atoms with E-state index in [1.807, 2.05) is 44.2 Å². The van der Waals surface area contributed by atoms with Crippen LogP contribution in [0.25, 0.3) is 0 Å². The summed E-state index contributed by atoms with van der Waals surface area (Å²) in [5.41, 5.74) is 10.7. The SMILES string of the molecule is Cc1cc(C(N)Cc2ccccc2Cl)c(C)cc1Cl. The molecule has 100 valence electrons.